The van der Waals surface area contributed by atoms with Gasteiger partial charge in [0, 0.05) is 0 Å². The highest BCUT2D eigenvalue weighted by atomic mass is 32.2. The van der Waals surface area contributed by atoms with Gasteiger partial charge >= 0.3 is 5.51 Å². The molecule has 0 amide bonds. The minimum Gasteiger partial charge on any atom is -0.417 e. The van der Waals surface area contributed by atoms with Crippen LogP contribution in [0.15, 0.2) is 12.1 Å². The van der Waals surface area contributed by atoms with Gasteiger partial charge in [0.05, 0.1) is 0 Å². The zero-order valence-corrected chi connectivity index (χ0v) is 9.42. The van der Waals surface area contributed by atoms with Crippen molar-refractivity contribution < 1.29 is 17.4 Å². The van der Waals surface area contributed by atoms with Crippen LogP contribution < -0.4 is 4.18 Å². The van der Waals surface area contributed by atoms with Crippen molar-refractivity contribution in [2.75, 3.05) is 0 Å². The fourth-order valence-corrected chi connectivity index (χ4v) is 1.58. The average Bonchev–Trinajstić information content (AvgIpc) is 2.10. The molecule has 0 N–H and O–H groups in total. The summed E-state index contributed by atoms with van der Waals surface area (Å²) >= 11 is -0.476. The second-order valence-corrected chi connectivity index (χ2v) is 4.06. The third-order valence-electron chi connectivity index (χ3n) is 2.09. The van der Waals surface area contributed by atoms with E-state index in [1.807, 2.05) is 13.0 Å². The van der Waals surface area contributed by atoms with Crippen molar-refractivity contribution >= 4 is 12.0 Å². The van der Waals surface area contributed by atoms with E-state index in [0.717, 1.165) is 11.1 Å². The van der Waals surface area contributed by atoms with Crippen LogP contribution in [-0.2, 0) is 0 Å². The zero-order chi connectivity index (χ0) is 11.6. The Morgan fingerprint density at radius 1 is 1.07 bits per heavy atom. The van der Waals surface area contributed by atoms with E-state index in [9.17, 15) is 13.2 Å². The van der Waals surface area contributed by atoms with E-state index in [1.165, 1.54) is 0 Å². The lowest BCUT2D eigenvalue weighted by Crippen LogP contribution is -2.04. The van der Waals surface area contributed by atoms with E-state index in [-0.39, 0.29) is 0 Å². The maximum atomic E-state index is 11.9. The van der Waals surface area contributed by atoms with E-state index in [1.54, 1.807) is 19.9 Å². The van der Waals surface area contributed by atoms with Crippen molar-refractivity contribution in [3.05, 3.63) is 28.8 Å². The Balaban J connectivity index is 2.90. The Morgan fingerprint density at radius 3 is 2.13 bits per heavy atom. The summed E-state index contributed by atoms with van der Waals surface area (Å²) in [6.45, 7) is 5.30. The van der Waals surface area contributed by atoms with Gasteiger partial charge < -0.3 is 4.18 Å². The second-order valence-electron chi connectivity index (χ2n) is 3.27. The molecule has 0 heterocycles. The Labute approximate surface area is 90.8 Å². The summed E-state index contributed by atoms with van der Waals surface area (Å²) in [7, 11) is 0. The molecular weight excluding hydrogens is 225 g/mol. The van der Waals surface area contributed by atoms with Crippen molar-refractivity contribution in [1.29, 1.82) is 0 Å². The molecule has 1 rings (SSSR count). The van der Waals surface area contributed by atoms with Crippen molar-refractivity contribution in [2.45, 2.75) is 26.3 Å². The van der Waals surface area contributed by atoms with Crippen LogP contribution in [-0.4, -0.2) is 5.51 Å². The van der Waals surface area contributed by atoms with E-state index >= 15 is 0 Å². The summed E-state index contributed by atoms with van der Waals surface area (Å²) in [5.41, 5.74) is -2.01. The summed E-state index contributed by atoms with van der Waals surface area (Å²) in [5, 5.41) is 0. The number of rotatable bonds is 2. The topological polar surface area (TPSA) is 9.23 Å². The molecule has 1 aromatic carbocycles. The van der Waals surface area contributed by atoms with Crippen LogP contribution in [0.1, 0.15) is 16.7 Å². The molecule has 0 bridgehead atoms. The SMILES string of the molecule is Cc1ccc(C)c(OSC(F)(F)F)c1C. The van der Waals surface area contributed by atoms with Crippen molar-refractivity contribution in [3.63, 3.8) is 0 Å². The van der Waals surface area contributed by atoms with Gasteiger partial charge in [0.1, 0.15) is 5.75 Å². The first-order chi connectivity index (χ1) is 6.81. The van der Waals surface area contributed by atoms with Gasteiger partial charge in [-0.1, -0.05) is 12.1 Å². The fraction of sp³-hybridized carbons (Fsp3) is 0.400. The molecule has 1 aromatic rings. The highest BCUT2D eigenvalue weighted by molar-refractivity contribution is 7.95. The molecule has 0 saturated carbocycles. The summed E-state index contributed by atoms with van der Waals surface area (Å²) < 4.78 is 40.5. The van der Waals surface area contributed by atoms with E-state index < -0.39 is 17.6 Å². The molecule has 1 nitrogen and oxygen atoms in total. The van der Waals surface area contributed by atoms with Crippen molar-refractivity contribution in [1.82, 2.24) is 0 Å². The van der Waals surface area contributed by atoms with Crippen molar-refractivity contribution in [3.8, 4) is 5.75 Å². The third-order valence-corrected chi connectivity index (χ3v) is 2.53. The molecule has 0 saturated heterocycles. The Kier molecular flexibility index (Phi) is 3.54. The van der Waals surface area contributed by atoms with Gasteiger partial charge in [-0.3, -0.25) is 0 Å². The van der Waals surface area contributed by atoms with Crippen LogP contribution in [0.4, 0.5) is 13.2 Å². The maximum absolute atomic E-state index is 11.9. The fourth-order valence-electron chi connectivity index (χ4n) is 1.14. The molecule has 15 heavy (non-hydrogen) atoms. The smallest absolute Gasteiger partial charge is 0.417 e. The van der Waals surface area contributed by atoms with E-state index in [2.05, 4.69) is 0 Å². The molecule has 0 unspecified atom stereocenters. The van der Waals surface area contributed by atoms with Crippen molar-refractivity contribution in [2.24, 2.45) is 0 Å². The van der Waals surface area contributed by atoms with Gasteiger partial charge in [-0.05, 0) is 37.5 Å². The summed E-state index contributed by atoms with van der Waals surface area (Å²) in [5.74, 6) is 0.303. The predicted octanol–water partition coefficient (Wildman–Crippen LogP) is 4.16. The Hall–Kier alpha value is -0.840. The first kappa shape index (κ1) is 12.2. The molecule has 5 heteroatoms. The van der Waals surface area contributed by atoms with Gasteiger partial charge in [-0.2, -0.15) is 13.2 Å². The van der Waals surface area contributed by atoms with Crippen LogP contribution in [0.2, 0.25) is 0 Å². The largest absolute Gasteiger partial charge is 0.479 e. The first-order valence-corrected chi connectivity index (χ1v) is 5.04. The molecule has 0 aromatic heterocycles. The molecule has 0 aliphatic heterocycles. The van der Waals surface area contributed by atoms with Gasteiger partial charge in [-0.25, -0.2) is 0 Å². The minimum absolute atomic E-state index is 0.303. The molecule has 0 spiro atoms. The number of halogens is 3. The normalized spacial score (nSPS) is 11.6. The van der Waals surface area contributed by atoms with E-state index in [4.69, 9.17) is 4.18 Å². The number of benzene rings is 1. The monoisotopic (exact) mass is 236 g/mol. The van der Waals surface area contributed by atoms with Crippen LogP contribution >= 0.6 is 12.0 Å². The lowest BCUT2D eigenvalue weighted by Gasteiger charge is -2.13. The summed E-state index contributed by atoms with van der Waals surface area (Å²) in [6.07, 6.45) is 0. The second kappa shape index (κ2) is 4.35. The first-order valence-electron chi connectivity index (χ1n) is 4.30. The van der Waals surface area contributed by atoms with Gasteiger partial charge in [-0.15, -0.1) is 0 Å². The zero-order valence-electron chi connectivity index (χ0n) is 8.61. The number of hydrogen-bond acceptors (Lipinski definition) is 2. The molecule has 0 atom stereocenters. The van der Waals surface area contributed by atoms with Crippen LogP contribution in [0, 0.1) is 20.8 Å². The summed E-state index contributed by atoms with van der Waals surface area (Å²) in [6, 6.07) is 3.60. The summed E-state index contributed by atoms with van der Waals surface area (Å²) in [4.78, 5) is 0. The molecule has 84 valence electrons. The molecule has 0 aliphatic rings. The van der Waals surface area contributed by atoms with Crippen LogP contribution in [0.5, 0.6) is 5.75 Å². The van der Waals surface area contributed by atoms with Gasteiger partial charge in [0.25, 0.3) is 0 Å². The number of alkyl halides is 3. The quantitative estimate of drug-likeness (QED) is 0.713. The lowest BCUT2D eigenvalue weighted by molar-refractivity contribution is -0.0369. The van der Waals surface area contributed by atoms with E-state index in [0.29, 0.717) is 11.3 Å². The Morgan fingerprint density at radius 2 is 1.60 bits per heavy atom. The molecule has 0 aliphatic carbocycles. The van der Waals surface area contributed by atoms with Gasteiger partial charge in [0.2, 0.25) is 0 Å². The average molecular weight is 236 g/mol. The third kappa shape index (κ3) is 3.34. The minimum atomic E-state index is -4.37. The van der Waals surface area contributed by atoms with Gasteiger partial charge in [0.15, 0.2) is 12.0 Å². The van der Waals surface area contributed by atoms with Crippen LogP contribution in [0.25, 0.3) is 0 Å². The highest BCUT2D eigenvalue weighted by Crippen LogP contribution is 2.36. The standard InChI is InChI=1S/C10H11F3OS/c1-6-4-5-7(2)9(8(6)3)14-15-10(11,12)13/h4-5H,1-3H3. The number of hydrogen-bond donors (Lipinski definition) is 0. The maximum Gasteiger partial charge on any atom is 0.479 e. The molecule has 0 radical (unpaired) electrons. The van der Waals surface area contributed by atoms with Crippen LogP contribution in [0.3, 0.4) is 0 Å². The highest BCUT2D eigenvalue weighted by Gasteiger charge is 2.32. The Bertz CT molecular complexity index is 360. The predicted molar refractivity (Wildman–Crippen MR) is 54.9 cm³/mol. The lowest BCUT2D eigenvalue weighted by atomic mass is 10.1. The molecule has 0 fully saturated rings. The molecular formula is C10H11F3OS. The number of aryl methyl sites for hydroxylation is 2.